The molecule has 162 valence electrons. The van der Waals surface area contributed by atoms with Crippen molar-refractivity contribution in [2.24, 2.45) is 12.0 Å². The second-order valence-corrected chi connectivity index (χ2v) is 6.90. The second kappa shape index (κ2) is 12.6. The van der Waals surface area contributed by atoms with Crippen molar-refractivity contribution in [2.75, 3.05) is 27.3 Å². The maximum atomic E-state index is 5.74. The van der Waals surface area contributed by atoms with Crippen molar-refractivity contribution in [2.45, 2.75) is 39.7 Å². The molecule has 2 N–H and O–H groups in total. The van der Waals surface area contributed by atoms with Gasteiger partial charge >= 0.3 is 0 Å². The minimum atomic E-state index is 0. The molecule has 1 aromatic heterocycles. The van der Waals surface area contributed by atoms with Gasteiger partial charge in [0.05, 0.1) is 19.4 Å². The van der Waals surface area contributed by atoms with Crippen molar-refractivity contribution in [3.63, 3.8) is 0 Å². The smallest absolute Gasteiger partial charge is 0.191 e. The number of nitrogens with one attached hydrogen (secondary N) is 2. The molecule has 1 aromatic carbocycles. The molecule has 1 heterocycles. The lowest BCUT2D eigenvalue weighted by Crippen LogP contribution is -2.43. The predicted octanol–water partition coefficient (Wildman–Crippen LogP) is 3.23. The summed E-state index contributed by atoms with van der Waals surface area (Å²) in [5, 5.41) is 11.3. The van der Waals surface area contributed by atoms with E-state index in [4.69, 9.17) is 9.47 Å². The number of aliphatic imine (C=N–C) groups is 1. The number of guanidine groups is 1. The van der Waals surface area contributed by atoms with Gasteiger partial charge in [0.2, 0.25) is 0 Å². The molecule has 0 aliphatic rings. The predicted molar refractivity (Wildman–Crippen MR) is 129 cm³/mol. The molecule has 0 spiro atoms. The molecule has 0 radical (unpaired) electrons. The number of aromatic nitrogens is 2. The Balaban J connectivity index is 0.00000420. The normalized spacial score (nSPS) is 12.1. The average molecular weight is 515 g/mol. The van der Waals surface area contributed by atoms with E-state index in [0.717, 1.165) is 42.5 Å². The van der Waals surface area contributed by atoms with E-state index in [1.165, 1.54) is 11.3 Å². The van der Waals surface area contributed by atoms with Crippen molar-refractivity contribution in [1.29, 1.82) is 0 Å². The van der Waals surface area contributed by atoms with Crippen LogP contribution in [0.1, 0.15) is 30.3 Å². The van der Waals surface area contributed by atoms with Crippen molar-refractivity contribution >= 4 is 29.9 Å². The molecule has 0 saturated heterocycles. The number of hydrogen-bond acceptors (Lipinski definition) is 4. The van der Waals surface area contributed by atoms with Crippen LogP contribution >= 0.6 is 24.0 Å². The SMILES string of the molecule is CN=C(NCCCOc1ccc(OC)cc1)NC(C)Cc1c(C)nn(C)c1C.I. The highest BCUT2D eigenvalue weighted by molar-refractivity contribution is 14.0. The van der Waals surface area contributed by atoms with Gasteiger partial charge in [-0.3, -0.25) is 9.67 Å². The molecule has 0 aliphatic carbocycles. The largest absolute Gasteiger partial charge is 0.497 e. The highest BCUT2D eigenvalue weighted by Crippen LogP contribution is 2.17. The summed E-state index contributed by atoms with van der Waals surface area (Å²) in [4.78, 5) is 4.31. The quantitative estimate of drug-likeness (QED) is 0.232. The lowest BCUT2D eigenvalue weighted by molar-refractivity contribution is 0.310. The number of aryl methyl sites for hydroxylation is 2. The number of ether oxygens (including phenoxy) is 2. The van der Waals surface area contributed by atoms with Crippen LogP contribution in [0, 0.1) is 13.8 Å². The molecule has 0 fully saturated rings. The third kappa shape index (κ3) is 7.75. The van der Waals surface area contributed by atoms with Crippen LogP contribution < -0.4 is 20.1 Å². The standard InChI is InChI=1S/C21H33N5O2.HI/c1-15(14-20-16(2)25-26(5)17(20)3)24-21(22-4)23-12-7-13-28-19-10-8-18(27-6)9-11-19;/h8-11,15H,7,12-14H2,1-6H3,(H2,22,23,24);1H. The fraction of sp³-hybridized carbons (Fsp3) is 0.524. The summed E-state index contributed by atoms with van der Waals surface area (Å²) in [6, 6.07) is 7.87. The highest BCUT2D eigenvalue weighted by Gasteiger charge is 2.13. The van der Waals surface area contributed by atoms with Crippen molar-refractivity contribution in [3.8, 4) is 11.5 Å². The maximum Gasteiger partial charge on any atom is 0.191 e. The Labute approximate surface area is 191 Å². The van der Waals surface area contributed by atoms with Crippen molar-refractivity contribution in [1.82, 2.24) is 20.4 Å². The Morgan fingerprint density at radius 3 is 2.41 bits per heavy atom. The third-order valence-corrected chi connectivity index (χ3v) is 4.72. The van der Waals surface area contributed by atoms with Crippen LogP contribution in [0.25, 0.3) is 0 Å². The van der Waals surface area contributed by atoms with Gasteiger partial charge in [-0.2, -0.15) is 5.10 Å². The lowest BCUT2D eigenvalue weighted by atomic mass is 10.1. The number of nitrogens with zero attached hydrogens (tertiary/aromatic N) is 3. The van der Waals surface area contributed by atoms with Crippen LogP contribution in [0.15, 0.2) is 29.3 Å². The van der Waals surface area contributed by atoms with Gasteiger partial charge in [-0.05, 0) is 63.4 Å². The monoisotopic (exact) mass is 515 g/mol. The molecule has 0 bridgehead atoms. The molecule has 0 saturated carbocycles. The Morgan fingerprint density at radius 2 is 1.86 bits per heavy atom. The maximum absolute atomic E-state index is 5.74. The van der Waals surface area contributed by atoms with Crippen LogP contribution in [0.5, 0.6) is 11.5 Å². The summed E-state index contributed by atoms with van der Waals surface area (Å²) in [6.07, 6.45) is 1.79. The van der Waals surface area contributed by atoms with Gasteiger partial charge in [0.25, 0.3) is 0 Å². The van der Waals surface area contributed by atoms with E-state index in [2.05, 4.69) is 41.5 Å². The van der Waals surface area contributed by atoms with Crippen LogP contribution in [0.3, 0.4) is 0 Å². The molecule has 1 unspecified atom stereocenters. The van der Waals surface area contributed by atoms with E-state index in [9.17, 15) is 0 Å². The van der Waals surface area contributed by atoms with Gasteiger partial charge < -0.3 is 20.1 Å². The third-order valence-electron chi connectivity index (χ3n) is 4.72. The fourth-order valence-electron chi connectivity index (χ4n) is 3.04. The van der Waals surface area contributed by atoms with Crippen LogP contribution in [0.2, 0.25) is 0 Å². The average Bonchev–Trinajstić information content (AvgIpc) is 2.93. The van der Waals surface area contributed by atoms with E-state index < -0.39 is 0 Å². The summed E-state index contributed by atoms with van der Waals surface area (Å²) >= 11 is 0. The molecule has 2 aromatic rings. The first-order chi connectivity index (χ1) is 13.4. The molecule has 1 atom stereocenters. The van der Waals surface area contributed by atoms with Gasteiger partial charge in [0, 0.05) is 32.4 Å². The van der Waals surface area contributed by atoms with Gasteiger partial charge in [-0.25, -0.2) is 0 Å². The Morgan fingerprint density at radius 1 is 1.21 bits per heavy atom. The molecule has 29 heavy (non-hydrogen) atoms. The van der Waals surface area contributed by atoms with Crippen LogP contribution in [-0.2, 0) is 13.5 Å². The molecular formula is C21H34IN5O2. The number of hydrogen-bond donors (Lipinski definition) is 2. The summed E-state index contributed by atoms with van der Waals surface area (Å²) in [5.74, 6) is 2.48. The van der Waals surface area contributed by atoms with Gasteiger partial charge in [-0.1, -0.05) is 0 Å². The first-order valence-corrected chi connectivity index (χ1v) is 9.67. The minimum absolute atomic E-state index is 0. The molecule has 2 rings (SSSR count). The molecule has 0 amide bonds. The summed E-state index contributed by atoms with van der Waals surface area (Å²) in [5.41, 5.74) is 3.60. The first-order valence-electron chi connectivity index (χ1n) is 9.67. The zero-order valence-corrected chi connectivity index (χ0v) is 20.6. The minimum Gasteiger partial charge on any atom is -0.497 e. The highest BCUT2D eigenvalue weighted by atomic mass is 127. The van der Waals surface area contributed by atoms with Gasteiger partial charge in [-0.15, -0.1) is 24.0 Å². The molecule has 8 heteroatoms. The fourth-order valence-corrected chi connectivity index (χ4v) is 3.04. The van der Waals surface area contributed by atoms with Crippen LogP contribution in [0.4, 0.5) is 0 Å². The van der Waals surface area contributed by atoms with Crippen molar-refractivity contribution in [3.05, 3.63) is 41.2 Å². The van der Waals surface area contributed by atoms with E-state index in [0.29, 0.717) is 6.61 Å². The second-order valence-electron chi connectivity index (χ2n) is 6.90. The lowest BCUT2D eigenvalue weighted by Gasteiger charge is -2.18. The Kier molecular flexibility index (Phi) is 10.9. The number of methoxy groups -OCH3 is 1. The van der Waals surface area contributed by atoms with Gasteiger partial charge in [0.1, 0.15) is 11.5 Å². The molecule has 0 aliphatic heterocycles. The molecule has 7 nitrogen and oxygen atoms in total. The van der Waals surface area contributed by atoms with E-state index in [1.807, 2.05) is 36.0 Å². The summed E-state index contributed by atoms with van der Waals surface area (Å²) in [7, 11) is 5.43. The number of rotatable bonds is 9. The Hall–Kier alpha value is -1.97. The first kappa shape index (κ1) is 25.1. The molecular weight excluding hydrogens is 481 g/mol. The van der Waals surface area contributed by atoms with Gasteiger partial charge in [0.15, 0.2) is 5.96 Å². The summed E-state index contributed by atoms with van der Waals surface area (Å²) < 4.78 is 12.8. The summed E-state index contributed by atoms with van der Waals surface area (Å²) in [6.45, 7) is 7.75. The number of halogens is 1. The van der Waals surface area contributed by atoms with Crippen molar-refractivity contribution < 1.29 is 9.47 Å². The van der Waals surface area contributed by atoms with E-state index in [-0.39, 0.29) is 30.0 Å². The van der Waals surface area contributed by atoms with Crippen LogP contribution in [-0.4, -0.2) is 49.1 Å². The Bertz CT molecular complexity index is 774. The van der Waals surface area contributed by atoms with E-state index in [1.54, 1.807) is 14.2 Å². The number of benzene rings is 1. The zero-order valence-electron chi connectivity index (χ0n) is 18.3. The topological polar surface area (TPSA) is 72.7 Å². The zero-order chi connectivity index (χ0) is 20.5. The van der Waals surface area contributed by atoms with E-state index >= 15 is 0 Å².